The minimum atomic E-state index is -0.490. The molecular formula is C22H24Br2N4O6S2. The minimum absolute atomic E-state index is 0.0473. The van der Waals surface area contributed by atoms with Gasteiger partial charge < -0.3 is 31.3 Å². The smallest absolute Gasteiger partial charge is 0.269 e. The number of nitrogens with zero attached hydrogens (tertiary/aromatic N) is 2. The van der Waals surface area contributed by atoms with E-state index in [0.29, 0.717) is 44.7 Å². The molecule has 0 saturated carbocycles. The van der Waals surface area contributed by atoms with Crippen molar-refractivity contribution >= 4 is 76.7 Å². The van der Waals surface area contributed by atoms with Gasteiger partial charge in [0.05, 0.1) is 8.95 Å². The van der Waals surface area contributed by atoms with Crippen molar-refractivity contribution in [1.29, 1.82) is 0 Å². The summed E-state index contributed by atoms with van der Waals surface area (Å²) in [6.07, 6.45) is 0.206. The van der Waals surface area contributed by atoms with Crippen LogP contribution < -0.4 is 10.6 Å². The summed E-state index contributed by atoms with van der Waals surface area (Å²) in [6, 6.07) is 9.50. The fourth-order valence-electron chi connectivity index (χ4n) is 2.76. The topological polar surface area (TPSA) is 164 Å². The van der Waals surface area contributed by atoms with Crippen LogP contribution in [0, 0.1) is 0 Å². The molecule has 2 amide bonds. The number of rotatable bonds is 13. The lowest BCUT2D eigenvalue weighted by atomic mass is 10.1. The van der Waals surface area contributed by atoms with Crippen LogP contribution in [0.5, 0.6) is 11.5 Å². The van der Waals surface area contributed by atoms with Crippen LogP contribution in [0.15, 0.2) is 55.7 Å². The number of carbonyl (C=O) groups excluding carboxylic acids is 2. The van der Waals surface area contributed by atoms with Crippen LogP contribution in [0.3, 0.4) is 0 Å². The number of halogens is 2. The lowest BCUT2D eigenvalue weighted by molar-refractivity contribution is -0.115. The zero-order chi connectivity index (χ0) is 26.5. The van der Waals surface area contributed by atoms with Gasteiger partial charge in [-0.2, -0.15) is 0 Å². The number of benzene rings is 2. The van der Waals surface area contributed by atoms with E-state index in [4.69, 9.17) is 0 Å². The van der Waals surface area contributed by atoms with Gasteiger partial charge in [0.25, 0.3) is 11.8 Å². The summed E-state index contributed by atoms with van der Waals surface area (Å²) in [5, 5.41) is 49.0. The molecule has 6 N–H and O–H groups in total. The Morgan fingerprint density at radius 2 is 1.14 bits per heavy atom. The van der Waals surface area contributed by atoms with E-state index in [9.17, 15) is 30.2 Å². The molecule has 0 heterocycles. The first-order valence-corrected chi connectivity index (χ1v) is 14.5. The van der Waals surface area contributed by atoms with Crippen molar-refractivity contribution in [1.82, 2.24) is 10.6 Å². The van der Waals surface area contributed by atoms with Gasteiger partial charge in [0, 0.05) is 37.4 Å². The monoisotopic (exact) mass is 662 g/mol. The number of aromatic hydroxyl groups is 2. The molecule has 0 fully saturated rings. The van der Waals surface area contributed by atoms with E-state index in [-0.39, 0.29) is 35.8 Å². The van der Waals surface area contributed by atoms with Crippen molar-refractivity contribution in [2.75, 3.05) is 24.6 Å². The molecule has 0 aliphatic carbocycles. The van der Waals surface area contributed by atoms with E-state index in [1.54, 1.807) is 24.3 Å². The number of amides is 2. The van der Waals surface area contributed by atoms with Gasteiger partial charge >= 0.3 is 0 Å². The second kappa shape index (κ2) is 15.6. The van der Waals surface area contributed by atoms with E-state index in [1.807, 2.05) is 0 Å². The highest BCUT2D eigenvalue weighted by molar-refractivity contribution is 9.10. The molecule has 2 aromatic carbocycles. The third-order valence-electron chi connectivity index (χ3n) is 4.56. The second-order valence-electron chi connectivity index (χ2n) is 7.17. The molecule has 194 valence electrons. The van der Waals surface area contributed by atoms with Crippen LogP contribution in [0.2, 0.25) is 0 Å². The minimum Gasteiger partial charge on any atom is -0.507 e. The van der Waals surface area contributed by atoms with Crippen molar-refractivity contribution in [3.63, 3.8) is 0 Å². The van der Waals surface area contributed by atoms with Crippen LogP contribution in [-0.4, -0.2) is 68.5 Å². The molecule has 0 aliphatic rings. The number of hydrogen-bond donors (Lipinski definition) is 6. The first-order chi connectivity index (χ1) is 17.2. The van der Waals surface area contributed by atoms with E-state index in [0.717, 1.165) is 0 Å². The molecular weight excluding hydrogens is 640 g/mol. The third-order valence-corrected chi connectivity index (χ3v) is 8.24. The van der Waals surface area contributed by atoms with Crippen LogP contribution in [0.1, 0.15) is 11.1 Å². The van der Waals surface area contributed by atoms with Crippen molar-refractivity contribution in [3.8, 4) is 11.5 Å². The van der Waals surface area contributed by atoms with E-state index in [2.05, 4.69) is 52.8 Å². The van der Waals surface area contributed by atoms with Gasteiger partial charge in [-0.25, -0.2) is 0 Å². The summed E-state index contributed by atoms with van der Waals surface area (Å²) in [7, 11) is 3.00. The first kappa shape index (κ1) is 29.8. The van der Waals surface area contributed by atoms with Crippen molar-refractivity contribution in [3.05, 3.63) is 56.5 Å². The fourth-order valence-corrected chi connectivity index (χ4v) is 5.43. The van der Waals surface area contributed by atoms with Crippen molar-refractivity contribution in [2.24, 2.45) is 10.3 Å². The molecule has 0 unspecified atom stereocenters. The van der Waals surface area contributed by atoms with Crippen LogP contribution in [0.25, 0.3) is 0 Å². The van der Waals surface area contributed by atoms with Gasteiger partial charge in [-0.05, 0) is 67.3 Å². The Morgan fingerprint density at radius 1 is 0.750 bits per heavy atom. The zero-order valence-corrected chi connectivity index (χ0v) is 23.6. The maximum absolute atomic E-state index is 12.2. The highest BCUT2D eigenvalue weighted by Crippen LogP contribution is 2.25. The Balaban J connectivity index is 1.62. The zero-order valence-electron chi connectivity index (χ0n) is 18.8. The van der Waals surface area contributed by atoms with Gasteiger partial charge in [0.15, 0.2) is 0 Å². The van der Waals surface area contributed by atoms with E-state index < -0.39 is 11.8 Å². The molecule has 14 heteroatoms. The summed E-state index contributed by atoms with van der Waals surface area (Å²) >= 11 is 6.40. The Bertz CT molecular complexity index is 1050. The Hall–Kier alpha value is -2.42. The summed E-state index contributed by atoms with van der Waals surface area (Å²) in [5.41, 5.74) is 1.29. The fraction of sp³-hybridized carbons (Fsp3) is 0.273. The molecule has 0 aromatic heterocycles. The lowest BCUT2D eigenvalue weighted by Gasteiger charge is -2.08. The highest BCUT2D eigenvalue weighted by Gasteiger charge is 2.15. The first-order valence-electron chi connectivity index (χ1n) is 10.4. The number of oxime groups is 2. The standard InChI is InChI=1S/C22H24Br2N4O6S2/c23-15-9-13(1-3-19(15)29)11-17(27-33)21(31)25-5-7-35-36-8-6-26-22(32)18(28-34)12-14-2-4-20(30)16(24)10-14/h1-4,9-10,29-30,33-34H,5-8,11-12H2,(H,25,31)(H,26,32)/b27-17+,28-18+. The number of carbonyl (C=O) groups is 2. The molecule has 36 heavy (non-hydrogen) atoms. The summed E-state index contributed by atoms with van der Waals surface area (Å²) in [4.78, 5) is 24.5. The molecule has 0 bridgehead atoms. The summed E-state index contributed by atoms with van der Waals surface area (Å²) in [6.45, 7) is 0.704. The van der Waals surface area contributed by atoms with Gasteiger partial charge in [0.1, 0.15) is 22.9 Å². The van der Waals surface area contributed by atoms with E-state index in [1.165, 1.54) is 33.7 Å². The molecule has 0 spiro atoms. The highest BCUT2D eigenvalue weighted by atomic mass is 79.9. The van der Waals surface area contributed by atoms with Crippen LogP contribution in [-0.2, 0) is 22.4 Å². The molecule has 0 radical (unpaired) electrons. The summed E-state index contributed by atoms with van der Waals surface area (Å²) in [5.74, 6) is 0.348. The Morgan fingerprint density at radius 3 is 1.47 bits per heavy atom. The molecule has 2 rings (SSSR count). The lowest BCUT2D eigenvalue weighted by Crippen LogP contribution is -2.34. The predicted octanol–water partition coefficient (Wildman–Crippen LogP) is 3.68. The van der Waals surface area contributed by atoms with Crippen molar-refractivity contribution in [2.45, 2.75) is 12.8 Å². The van der Waals surface area contributed by atoms with Crippen molar-refractivity contribution < 1.29 is 30.2 Å². The summed E-state index contributed by atoms with van der Waals surface area (Å²) < 4.78 is 0.959. The van der Waals surface area contributed by atoms with E-state index >= 15 is 0 Å². The quantitative estimate of drug-likeness (QED) is 0.0621. The Labute approximate surface area is 232 Å². The second-order valence-corrected chi connectivity index (χ2v) is 11.6. The molecule has 0 atom stereocenters. The number of hydrogen-bond acceptors (Lipinski definition) is 10. The third kappa shape index (κ3) is 9.91. The molecule has 10 nitrogen and oxygen atoms in total. The number of nitrogens with one attached hydrogen (secondary N) is 2. The number of phenols is 2. The van der Waals surface area contributed by atoms with Gasteiger partial charge in [-0.1, -0.05) is 44.0 Å². The molecule has 2 aromatic rings. The normalized spacial score (nSPS) is 11.8. The average molecular weight is 664 g/mol. The molecule has 0 aliphatic heterocycles. The van der Waals surface area contributed by atoms with Gasteiger partial charge in [-0.3, -0.25) is 9.59 Å². The van der Waals surface area contributed by atoms with Gasteiger partial charge in [-0.15, -0.1) is 0 Å². The predicted molar refractivity (Wildman–Crippen MR) is 148 cm³/mol. The SMILES string of the molecule is O=C(NCCSSCCNC(=O)/C(Cc1ccc(O)c(Br)c1)=N/O)/C(Cc1ccc(O)c(Br)c1)=N/O. The average Bonchev–Trinajstić information content (AvgIpc) is 2.86. The van der Waals surface area contributed by atoms with Gasteiger partial charge in [0.2, 0.25) is 0 Å². The van der Waals surface area contributed by atoms with Crippen LogP contribution >= 0.6 is 53.4 Å². The number of phenolic OH excluding ortho intramolecular Hbond substituents is 2. The largest absolute Gasteiger partial charge is 0.507 e. The van der Waals surface area contributed by atoms with Crippen LogP contribution in [0.4, 0.5) is 0 Å². The maximum atomic E-state index is 12.2. The Kier molecular flexibility index (Phi) is 12.9. The maximum Gasteiger partial charge on any atom is 0.269 e. The molecule has 0 saturated heterocycles.